The van der Waals surface area contributed by atoms with E-state index in [1.54, 1.807) is 7.11 Å². The topological polar surface area (TPSA) is 44.8 Å². The average molecular weight is 426 g/mol. The lowest BCUT2D eigenvalue weighted by molar-refractivity contribution is -0.122. The van der Waals surface area contributed by atoms with Crippen LogP contribution < -0.4 is 10.1 Å². The molecular formula is C21H35N3O2S2. The number of hydrogen-bond donors (Lipinski definition) is 3. The van der Waals surface area contributed by atoms with Crippen molar-refractivity contribution in [2.75, 3.05) is 64.4 Å². The van der Waals surface area contributed by atoms with Crippen LogP contribution in [0.3, 0.4) is 0 Å². The average Bonchev–Trinajstić information content (AvgIpc) is 2.73. The van der Waals surface area contributed by atoms with Gasteiger partial charge in [0, 0.05) is 24.6 Å². The number of thiol groups is 2. The van der Waals surface area contributed by atoms with Crippen molar-refractivity contribution in [3.8, 4) is 5.75 Å². The van der Waals surface area contributed by atoms with Gasteiger partial charge in [0.25, 0.3) is 0 Å². The third-order valence-electron chi connectivity index (χ3n) is 5.33. The summed E-state index contributed by atoms with van der Waals surface area (Å²) >= 11 is 8.46. The molecule has 0 spiro atoms. The van der Waals surface area contributed by atoms with Crippen LogP contribution in [0.5, 0.6) is 5.75 Å². The van der Waals surface area contributed by atoms with Crippen molar-refractivity contribution in [2.24, 2.45) is 0 Å². The predicted molar refractivity (Wildman–Crippen MR) is 123 cm³/mol. The van der Waals surface area contributed by atoms with Crippen molar-refractivity contribution in [2.45, 2.75) is 25.2 Å². The van der Waals surface area contributed by atoms with Gasteiger partial charge in [0.15, 0.2) is 0 Å². The summed E-state index contributed by atoms with van der Waals surface area (Å²) in [5.41, 5.74) is 1.34. The Labute approximate surface area is 181 Å². The zero-order valence-electron chi connectivity index (χ0n) is 17.0. The Bertz CT molecular complexity index is 581. The number of methoxy groups -OCH3 is 1. The molecule has 2 rings (SSSR count). The maximum Gasteiger partial charge on any atom is 0.234 e. The van der Waals surface area contributed by atoms with Gasteiger partial charge in [0.1, 0.15) is 5.75 Å². The van der Waals surface area contributed by atoms with Crippen molar-refractivity contribution in [3.05, 3.63) is 29.8 Å². The number of carbonyl (C=O) groups excluding carboxylic acids is 1. The molecule has 0 atom stereocenters. The van der Waals surface area contributed by atoms with E-state index < -0.39 is 0 Å². The van der Waals surface area contributed by atoms with Crippen LogP contribution in [0.15, 0.2) is 24.3 Å². The van der Waals surface area contributed by atoms with Crippen LogP contribution in [0.25, 0.3) is 0 Å². The van der Waals surface area contributed by atoms with Gasteiger partial charge < -0.3 is 15.0 Å². The standard InChI is InChI=1S/C21H35N3O2S2/c1-26-20-6-3-2-5-19(20)18-7-12-23(13-8-18)10-4-11-24(14-16-28)17-21(25)22-9-15-27/h2-3,5-6,18,27-28H,4,7-17H2,1H3,(H,22,25). The third kappa shape index (κ3) is 7.85. The van der Waals surface area contributed by atoms with Gasteiger partial charge in [-0.15, -0.1) is 0 Å². The monoisotopic (exact) mass is 425 g/mol. The van der Waals surface area contributed by atoms with Gasteiger partial charge in [-0.05, 0) is 63.0 Å². The summed E-state index contributed by atoms with van der Waals surface area (Å²) in [7, 11) is 1.75. The summed E-state index contributed by atoms with van der Waals surface area (Å²) in [6.07, 6.45) is 3.42. The summed E-state index contributed by atoms with van der Waals surface area (Å²) in [5.74, 6) is 3.12. The minimum Gasteiger partial charge on any atom is -0.496 e. The Kier molecular flexibility index (Phi) is 11.2. The number of piperidine rings is 1. The fourth-order valence-corrected chi connectivity index (χ4v) is 4.25. The summed E-state index contributed by atoms with van der Waals surface area (Å²) < 4.78 is 5.53. The third-order valence-corrected chi connectivity index (χ3v) is 5.76. The second kappa shape index (κ2) is 13.4. The Morgan fingerprint density at radius 1 is 1.21 bits per heavy atom. The van der Waals surface area contributed by atoms with Crippen molar-refractivity contribution >= 4 is 31.2 Å². The number of para-hydroxylation sites is 1. The zero-order chi connectivity index (χ0) is 20.2. The van der Waals surface area contributed by atoms with E-state index in [9.17, 15) is 4.79 Å². The molecular weight excluding hydrogens is 390 g/mol. The SMILES string of the molecule is COc1ccccc1C1CCN(CCCN(CCS)CC(=O)NCCS)CC1. The number of likely N-dealkylation sites (tertiary alicyclic amines) is 1. The van der Waals surface area contributed by atoms with Crippen LogP contribution >= 0.6 is 25.3 Å². The molecule has 28 heavy (non-hydrogen) atoms. The second-order valence-electron chi connectivity index (χ2n) is 7.28. The predicted octanol–water partition coefficient (Wildman–Crippen LogP) is 2.54. The molecule has 0 unspecified atom stereocenters. The number of rotatable bonds is 12. The van der Waals surface area contributed by atoms with E-state index in [0.29, 0.717) is 24.8 Å². The molecule has 1 amide bonds. The van der Waals surface area contributed by atoms with Gasteiger partial charge in [-0.25, -0.2) is 0 Å². The Balaban J connectivity index is 1.71. The minimum absolute atomic E-state index is 0.0773. The van der Waals surface area contributed by atoms with Crippen LogP contribution in [0, 0.1) is 0 Å². The normalized spacial score (nSPS) is 15.7. The molecule has 7 heteroatoms. The van der Waals surface area contributed by atoms with Gasteiger partial charge >= 0.3 is 0 Å². The first-order valence-corrected chi connectivity index (χ1v) is 11.5. The van der Waals surface area contributed by atoms with Crippen LogP contribution in [0.2, 0.25) is 0 Å². The largest absolute Gasteiger partial charge is 0.496 e. The van der Waals surface area contributed by atoms with Crippen molar-refractivity contribution in [1.29, 1.82) is 0 Å². The van der Waals surface area contributed by atoms with Crippen molar-refractivity contribution in [3.63, 3.8) is 0 Å². The Morgan fingerprint density at radius 2 is 1.96 bits per heavy atom. The molecule has 1 heterocycles. The first-order chi connectivity index (χ1) is 13.7. The number of nitrogens with one attached hydrogen (secondary N) is 1. The first-order valence-electron chi connectivity index (χ1n) is 10.2. The maximum absolute atomic E-state index is 11.9. The van der Waals surface area contributed by atoms with Crippen LogP contribution in [0.4, 0.5) is 0 Å². The highest BCUT2D eigenvalue weighted by molar-refractivity contribution is 7.80. The molecule has 0 bridgehead atoms. The summed E-state index contributed by atoms with van der Waals surface area (Å²) in [6, 6.07) is 8.40. The molecule has 1 N–H and O–H groups in total. The van der Waals surface area contributed by atoms with E-state index in [-0.39, 0.29) is 5.91 Å². The number of ether oxygens (including phenoxy) is 1. The fraction of sp³-hybridized carbons (Fsp3) is 0.667. The first kappa shape index (κ1) is 23.4. The molecule has 0 radical (unpaired) electrons. The van der Waals surface area contributed by atoms with Gasteiger partial charge in [0.05, 0.1) is 13.7 Å². The molecule has 1 aliphatic heterocycles. The van der Waals surface area contributed by atoms with Crippen LogP contribution in [-0.4, -0.2) is 80.1 Å². The van der Waals surface area contributed by atoms with E-state index >= 15 is 0 Å². The van der Waals surface area contributed by atoms with Crippen LogP contribution in [-0.2, 0) is 4.79 Å². The number of hydrogen-bond acceptors (Lipinski definition) is 6. The summed E-state index contributed by atoms with van der Waals surface area (Å²) in [4.78, 5) is 16.7. The summed E-state index contributed by atoms with van der Waals surface area (Å²) in [5, 5.41) is 2.89. The highest BCUT2D eigenvalue weighted by atomic mass is 32.1. The molecule has 0 saturated carbocycles. The lowest BCUT2D eigenvalue weighted by Crippen LogP contribution is -2.40. The van der Waals surface area contributed by atoms with Crippen molar-refractivity contribution < 1.29 is 9.53 Å². The Hall–Kier alpha value is -0.890. The molecule has 0 aliphatic carbocycles. The Morgan fingerprint density at radius 3 is 2.64 bits per heavy atom. The van der Waals surface area contributed by atoms with E-state index in [1.165, 1.54) is 18.4 Å². The van der Waals surface area contributed by atoms with Gasteiger partial charge in [-0.3, -0.25) is 9.69 Å². The molecule has 1 aromatic rings. The van der Waals surface area contributed by atoms with Crippen LogP contribution in [0.1, 0.15) is 30.7 Å². The fourth-order valence-electron chi connectivity index (χ4n) is 3.85. The van der Waals surface area contributed by atoms with E-state index in [1.807, 2.05) is 6.07 Å². The highest BCUT2D eigenvalue weighted by Crippen LogP contribution is 2.33. The molecule has 0 aromatic heterocycles. The lowest BCUT2D eigenvalue weighted by atomic mass is 9.89. The minimum atomic E-state index is 0.0773. The maximum atomic E-state index is 11.9. The van der Waals surface area contributed by atoms with Gasteiger partial charge in [0.2, 0.25) is 5.91 Å². The van der Waals surface area contributed by atoms with Crippen molar-refractivity contribution in [1.82, 2.24) is 15.1 Å². The van der Waals surface area contributed by atoms with E-state index in [0.717, 1.165) is 50.6 Å². The highest BCUT2D eigenvalue weighted by Gasteiger charge is 2.22. The number of benzene rings is 1. The smallest absolute Gasteiger partial charge is 0.234 e. The quantitative estimate of drug-likeness (QED) is 0.451. The number of amides is 1. The number of carbonyl (C=O) groups is 1. The number of nitrogens with zero attached hydrogens (tertiary/aromatic N) is 2. The zero-order valence-corrected chi connectivity index (χ0v) is 18.8. The van der Waals surface area contributed by atoms with Gasteiger partial charge in [-0.1, -0.05) is 18.2 Å². The lowest BCUT2D eigenvalue weighted by Gasteiger charge is -2.33. The molecule has 1 aliphatic rings. The van der Waals surface area contributed by atoms with E-state index in [4.69, 9.17) is 4.74 Å². The molecule has 158 valence electrons. The van der Waals surface area contributed by atoms with E-state index in [2.05, 4.69) is 58.6 Å². The second-order valence-corrected chi connectivity index (χ2v) is 8.18. The molecule has 1 saturated heterocycles. The molecule has 5 nitrogen and oxygen atoms in total. The summed E-state index contributed by atoms with van der Waals surface area (Å²) in [6.45, 7) is 6.17. The molecule has 1 aromatic carbocycles. The van der Waals surface area contributed by atoms with Gasteiger partial charge in [-0.2, -0.15) is 25.3 Å². The molecule has 1 fully saturated rings.